The van der Waals surface area contributed by atoms with Gasteiger partial charge in [-0.15, -0.1) is 0 Å². The third-order valence-corrected chi connectivity index (χ3v) is 4.76. The fourth-order valence-electron chi connectivity index (χ4n) is 3.11. The van der Waals surface area contributed by atoms with Gasteiger partial charge in [0.2, 0.25) is 6.41 Å². The standard InChI is InChI=1S/C19H23NO/c1-2-15-9-10-16-5-3-6-17(19(16)13-15)11-12-20(14-21)18-7-4-8-18/h3,5-6,9-10,13-14,18H,2,4,7-8,11-12H2,1H3. The monoisotopic (exact) mass is 281 g/mol. The van der Waals surface area contributed by atoms with Crippen LogP contribution in [0.15, 0.2) is 36.4 Å². The number of rotatable bonds is 6. The largest absolute Gasteiger partial charge is 0.342 e. The molecule has 0 atom stereocenters. The lowest BCUT2D eigenvalue weighted by Crippen LogP contribution is -2.40. The highest BCUT2D eigenvalue weighted by molar-refractivity contribution is 5.86. The summed E-state index contributed by atoms with van der Waals surface area (Å²) in [4.78, 5) is 13.2. The first-order valence-corrected chi connectivity index (χ1v) is 8.03. The SMILES string of the molecule is CCc1ccc2cccc(CCN(C=O)C3CCC3)c2c1. The van der Waals surface area contributed by atoms with Crippen molar-refractivity contribution in [1.29, 1.82) is 0 Å². The number of hydrogen-bond donors (Lipinski definition) is 0. The molecule has 0 aliphatic heterocycles. The normalized spacial score (nSPS) is 14.9. The maximum absolute atomic E-state index is 11.3. The van der Waals surface area contributed by atoms with Gasteiger partial charge in [-0.05, 0) is 54.0 Å². The summed E-state index contributed by atoms with van der Waals surface area (Å²) in [6, 6.07) is 13.7. The zero-order chi connectivity index (χ0) is 14.7. The quantitative estimate of drug-likeness (QED) is 0.734. The van der Waals surface area contributed by atoms with E-state index in [1.165, 1.54) is 41.2 Å². The number of nitrogens with zero attached hydrogens (tertiary/aromatic N) is 1. The van der Waals surface area contributed by atoms with E-state index in [2.05, 4.69) is 43.3 Å². The fraction of sp³-hybridized carbons (Fsp3) is 0.421. The van der Waals surface area contributed by atoms with Crippen molar-refractivity contribution in [2.75, 3.05) is 6.54 Å². The second kappa shape index (κ2) is 6.30. The molecule has 2 aromatic carbocycles. The molecule has 0 unspecified atom stereocenters. The Balaban J connectivity index is 1.80. The van der Waals surface area contributed by atoms with E-state index in [4.69, 9.17) is 0 Å². The molecule has 2 nitrogen and oxygen atoms in total. The molecule has 21 heavy (non-hydrogen) atoms. The van der Waals surface area contributed by atoms with Crippen LogP contribution in [0, 0.1) is 0 Å². The van der Waals surface area contributed by atoms with Gasteiger partial charge in [0.25, 0.3) is 0 Å². The summed E-state index contributed by atoms with van der Waals surface area (Å²) in [5.74, 6) is 0. The highest BCUT2D eigenvalue weighted by Crippen LogP contribution is 2.25. The molecule has 3 rings (SSSR count). The molecule has 0 heterocycles. The third-order valence-electron chi connectivity index (χ3n) is 4.76. The Hall–Kier alpha value is -1.83. The number of aryl methyl sites for hydroxylation is 1. The summed E-state index contributed by atoms with van der Waals surface area (Å²) in [5, 5.41) is 2.64. The van der Waals surface area contributed by atoms with Gasteiger partial charge in [-0.3, -0.25) is 4.79 Å². The lowest BCUT2D eigenvalue weighted by Gasteiger charge is -2.35. The molecule has 1 saturated carbocycles. The van der Waals surface area contributed by atoms with Gasteiger partial charge < -0.3 is 4.90 Å². The van der Waals surface area contributed by atoms with Crippen LogP contribution in [0.25, 0.3) is 10.8 Å². The second-order valence-corrected chi connectivity index (χ2v) is 6.00. The van der Waals surface area contributed by atoms with E-state index in [1.807, 2.05) is 4.90 Å². The van der Waals surface area contributed by atoms with E-state index in [0.717, 1.165) is 25.8 Å². The van der Waals surface area contributed by atoms with E-state index in [-0.39, 0.29) is 0 Å². The minimum atomic E-state index is 0.490. The smallest absolute Gasteiger partial charge is 0.209 e. The van der Waals surface area contributed by atoms with Gasteiger partial charge in [-0.1, -0.05) is 43.3 Å². The zero-order valence-corrected chi connectivity index (χ0v) is 12.7. The fourth-order valence-corrected chi connectivity index (χ4v) is 3.11. The summed E-state index contributed by atoms with van der Waals surface area (Å²) in [7, 11) is 0. The van der Waals surface area contributed by atoms with Crippen LogP contribution in [0.2, 0.25) is 0 Å². The maximum atomic E-state index is 11.3. The van der Waals surface area contributed by atoms with Crippen molar-refractivity contribution >= 4 is 17.2 Å². The molecule has 0 saturated heterocycles. The summed E-state index contributed by atoms with van der Waals surface area (Å²) in [6.45, 7) is 3.03. The summed E-state index contributed by atoms with van der Waals surface area (Å²) < 4.78 is 0. The van der Waals surface area contributed by atoms with Gasteiger partial charge in [0.1, 0.15) is 0 Å². The van der Waals surface area contributed by atoms with E-state index < -0.39 is 0 Å². The Labute approximate surface area is 126 Å². The van der Waals surface area contributed by atoms with Crippen molar-refractivity contribution in [3.05, 3.63) is 47.5 Å². The van der Waals surface area contributed by atoms with Crippen LogP contribution in [0.4, 0.5) is 0 Å². The molecule has 2 heteroatoms. The topological polar surface area (TPSA) is 20.3 Å². The lowest BCUT2D eigenvalue weighted by atomic mass is 9.91. The van der Waals surface area contributed by atoms with E-state index in [9.17, 15) is 4.79 Å². The molecule has 1 aliphatic rings. The highest BCUT2D eigenvalue weighted by atomic mass is 16.1. The van der Waals surface area contributed by atoms with Crippen LogP contribution in [-0.2, 0) is 17.6 Å². The summed E-state index contributed by atoms with van der Waals surface area (Å²) in [6.07, 6.45) is 6.66. The minimum Gasteiger partial charge on any atom is -0.342 e. The number of carbonyl (C=O) groups is 1. The number of benzene rings is 2. The van der Waals surface area contributed by atoms with Crippen LogP contribution < -0.4 is 0 Å². The summed E-state index contributed by atoms with van der Waals surface area (Å²) in [5.41, 5.74) is 2.73. The van der Waals surface area contributed by atoms with Crippen molar-refractivity contribution in [2.24, 2.45) is 0 Å². The van der Waals surface area contributed by atoms with E-state index in [0.29, 0.717) is 6.04 Å². The van der Waals surface area contributed by atoms with Gasteiger partial charge in [0.05, 0.1) is 0 Å². The number of fused-ring (bicyclic) bond motifs is 1. The van der Waals surface area contributed by atoms with Crippen LogP contribution >= 0.6 is 0 Å². The molecular weight excluding hydrogens is 258 g/mol. The van der Waals surface area contributed by atoms with Gasteiger partial charge >= 0.3 is 0 Å². The Bertz CT molecular complexity index is 630. The zero-order valence-electron chi connectivity index (χ0n) is 12.7. The first-order valence-electron chi connectivity index (χ1n) is 8.03. The molecule has 0 aromatic heterocycles. The van der Waals surface area contributed by atoms with Gasteiger partial charge in [0.15, 0.2) is 0 Å². The molecule has 0 bridgehead atoms. The van der Waals surface area contributed by atoms with Crippen molar-refractivity contribution in [1.82, 2.24) is 4.90 Å². The van der Waals surface area contributed by atoms with E-state index >= 15 is 0 Å². The highest BCUT2D eigenvalue weighted by Gasteiger charge is 2.23. The number of hydrogen-bond acceptors (Lipinski definition) is 1. The Morgan fingerprint density at radius 3 is 2.76 bits per heavy atom. The molecule has 0 radical (unpaired) electrons. The van der Waals surface area contributed by atoms with Crippen molar-refractivity contribution in [3.63, 3.8) is 0 Å². The Kier molecular flexibility index (Phi) is 4.23. The van der Waals surface area contributed by atoms with Crippen molar-refractivity contribution in [3.8, 4) is 0 Å². The van der Waals surface area contributed by atoms with Crippen LogP contribution in [0.3, 0.4) is 0 Å². The predicted molar refractivity (Wildman–Crippen MR) is 87.4 cm³/mol. The molecule has 1 fully saturated rings. The predicted octanol–water partition coefficient (Wildman–Crippen LogP) is 3.96. The molecule has 1 aliphatic carbocycles. The Morgan fingerprint density at radius 1 is 1.24 bits per heavy atom. The average molecular weight is 281 g/mol. The minimum absolute atomic E-state index is 0.490. The van der Waals surface area contributed by atoms with Crippen LogP contribution in [0.5, 0.6) is 0 Å². The second-order valence-electron chi connectivity index (χ2n) is 6.00. The van der Waals surface area contributed by atoms with Crippen LogP contribution in [-0.4, -0.2) is 23.9 Å². The molecule has 0 spiro atoms. The van der Waals surface area contributed by atoms with E-state index in [1.54, 1.807) is 0 Å². The molecule has 1 amide bonds. The summed E-state index contributed by atoms with van der Waals surface area (Å²) >= 11 is 0. The number of carbonyl (C=O) groups excluding carboxylic acids is 1. The first-order chi connectivity index (χ1) is 10.3. The van der Waals surface area contributed by atoms with Crippen LogP contribution in [0.1, 0.15) is 37.3 Å². The van der Waals surface area contributed by atoms with Gasteiger partial charge in [0, 0.05) is 12.6 Å². The molecule has 0 N–H and O–H groups in total. The van der Waals surface area contributed by atoms with Crippen molar-refractivity contribution < 1.29 is 4.79 Å². The lowest BCUT2D eigenvalue weighted by molar-refractivity contribution is -0.121. The third kappa shape index (κ3) is 2.94. The molecule has 2 aromatic rings. The average Bonchev–Trinajstić information content (AvgIpc) is 2.48. The maximum Gasteiger partial charge on any atom is 0.209 e. The first kappa shape index (κ1) is 14.1. The Morgan fingerprint density at radius 2 is 2.10 bits per heavy atom. The van der Waals surface area contributed by atoms with Gasteiger partial charge in [-0.25, -0.2) is 0 Å². The van der Waals surface area contributed by atoms with Crippen molar-refractivity contribution in [2.45, 2.75) is 45.1 Å². The molecule has 110 valence electrons. The molecular formula is C19H23NO. The number of amides is 1. The van der Waals surface area contributed by atoms with Gasteiger partial charge in [-0.2, -0.15) is 0 Å².